The Morgan fingerprint density at radius 1 is 0.690 bits per heavy atom. The van der Waals surface area contributed by atoms with Gasteiger partial charge in [0.1, 0.15) is 0 Å². The van der Waals surface area contributed by atoms with E-state index in [1.165, 1.54) is 84.0 Å². The fourth-order valence-corrected chi connectivity index (χ4v) is 10.5. The van der Waals surface area contributed by atoms with Gasteiger partial charge < -0.3 is 15.5 Å². The second kappa shape index (κ2) is 13.1. The maximum Gasteiger partial charge on any atom is 2.00 e. The van der Waals surface area contributed by atoms with Gasteiger partial charge in [-0.05, 0) is 25.7 Å². The Morgan fingerprint density at radius 2 is 1.03 bits per heavy atom. The van der Waals surface area contributed by atoms with Crippen molar-refractivity contribution in [2.75, 3.05) is 19.8 Å². The van der Waals surface area contributed by atoms with Crippen LogP contribution in [0.1, 0.15) is 64.2 Å². The molecule has 0 radical (unpaired) electrons. The Labute approximate surface area is 197 Å². The zero-order valence-electron chi connectivity index (χ0n) is 19.4. The van der Waals surface area contributed by atoms with E-state index >= 15 is 0 Å². The third-order valence-corrected chi connectivity index (χ3v) is 12.4. The average molecular weight is 527 g/mol. The molecule has 1 aliphatic heterocycles. The maximum atomic E-state index is 5.85. The normalized spacial score (nSPS) is 23.0. The van der Waals surface area contributed by atoms with Crippen molar-refractivity contribution in [1.82, 2.24) is 9.80 Å². The van der Waals surface area contributed by atoms with E-state index in [9.17, 15) is 0 Å². The van der Waals surface area contributed by atoms with Crippen LogP contribution < -0.4 is 0 Å². The van der Waals surface area contributed by atoms with Crippen LogP contribution in [0.4, 0.5) is 0 Å². The summed E-state index contributed by atoms with van der Waals surface area (Å²) < 4.78 is 5.85. The van der Waals surface area contributed by atoms with Crippen molar-refractivity contribution in [3.05, 3.63) is 24.6 Å². The zero-order chi connectivity index (χ0) is 20.6. The van der Waals surface area contributed by atoms with E-state index in [1.807, 2.05) is 0 Å². The molecule has 1 saturated heterocycles. The molecule has 170 valence electrons. The van der Waals surface area contributed by atoms with Gasteiger partial charge >= 0.3 is 20.4 Å². The first-order chi connectivity index (χ1) is 13.3. The number of nitrogens with zero attached hydrogens (tertiary/aromatic N) is 2. The Hall–Kier alpha value is 0.456. The number of hydrogen-bond acceptors (Lipinski definition) is 3. The number of rotatable bonds is 6. The fourth-order valence-electron chi connectivity index (χ4n) is 4.83. The van der Waals surface area contributed by atoms with Crippen LogP contribution in [0.2, 0.25) is 26.2 Å². The topological polar surface area (TPSA) is 15.7 Å². The minimum absolute atomic E-state index is 0. The van der Waals surface area contributed by atoms with E-state index in [0.29, 0.717) is 0 Å². The van der Waals surface area contributed by atoms with Gasteiger partial charge in [-0.1, -0.05) is 64.7 Å². The predicted octanol–water partition coefficient (Wildman–Crippen LogP) is 5.69. The van der Waals surface area contributed by atoms with Crippen molar-refractivity contribution in [2.24, 2.45) is 0 Å². The van der Waals surface area contributed by atoms with E-state index in [0.717, 1.165) is 12.1 Å². The third kappa shape index (κ3) is 9.64. The fraction of sp³-hybridized carbons (Fsp3) is 0.826. The van der Waals surface area contributed by atoms with Crippen LogP contribution >= 0.6 is 0 Å². The van der Waals surface area contributed by atoms with Crippen LogP contribution in [0.3, 0.4) is 0 Å². The summed E-state index contributed by atoms with van der Waals surface area (Å²) in [6.45, 7) is 19.6. The summed E-state index contributed by atoms with van der Waals surface area (Å²) in [5.41, 5.74) is 5.93. The van der Waals surface area contributed by atoms with Crippen molar-refractivity contribution < 1.29 is 24.5 Å². The van der Waals surface area contributed by atoms with Gasteiger partial charge in [-0.3, -0.25) is 23.0 Å². The molecule has 2 saturated carbocycles. The van der Waals surface area contributed by atoms with Crippen molar-refractivity contribution in [2.45, 2.75) is 102 Å². The minimum Gasteiger partial charge on any atom is -0.506 e. The molecule has 0 aromatic rings. The van der Waals surface area contributed by atoms with Crippen molar-refractivity contribution >= 4 is 16.6 Å². The first-order valence-electron chi connectivity index (χ1n) is 11.5. The molecule has 3 nitrogen and oxygen atoms in total. The third-order valence-electron chi connectivity index (χ3n) is 6.58. The summed E-state index contributed by atoms with van der Waals surface area (Å²) in [6, 6.07) is 1.86. The molecule has 3 aliphatic rings. The molecule has 3 fully saturated rings. The van der Waals surface area contributed by atoms with Gasteiger partial charge in [0.15, 0.2) is 0 Å². The van der Waals surface area contributed by atoms with Crippen LogP contribution in [0.15, 0.2) is 13.2 Å². The van der Waals surface area contributed by atoms with Gasteiger partial charge in [-0.2, -0.15) is 0 Å². The van der Waals surface area contributed by atoms with Crippen molar-refractivity contribution in [1.29, 1.82) is 0 Å². The minimum atomic E-state index is -1.74. The second-order valence-corrected chi connectivity index (χ2v) is 17.4. The van der Waals surface area contributed by atoms with Gasteiger partial charge in [0.05, 0.1) is 6.67 Å². The maximum absolute atomic E-state index is 5.85. The average Bonchev–Trinajstić information content (AvgIpc) is 3.19. The molecule has 2 aliphatic carbocycles. The van der Waals surface area contributed by atoms with Crippen LogP contribution in [0.5, 0.6) is 0 Å². The van der Waals surface area contributed by atoms with Gasteiger partial charge in [0.25, 0.3) is 0 Å². The van der Waals surface area contributed by atoms with E-state index < -0.39 is 16.6 Å². The van der Waals surface area contributed by atoms with E-state index in [2.05, 4.69) is 60.5 Å². The molecule has 0 aromatic carbocycles. The molecule has 29 heavy (non-hydrogen) atoms. The molecule has 0 amide bonds. The van der Waals surface area contributed by atoms with E-state index in [4.69, 9.17) is 4.12 Å². The standard InChI is InChI=1S/C15H28N2.C8H16OSi2.Pd/c1-3-7-14(8-4-1)16-11-12-17(13-16)15-9-5-2-6-10-15;1-7-10(3,4)9-11(5,6)8-2;/h14-15H,1-13H2;1-2H2,3-6H3;/q;-2;+2. The largest absolute Gasteiger partial charge is 2.00 e. The molecule has 1 heterocycles. The molecule has 3 rings (SSSR count). The molecular formula is C23H44N2OPdSi2. The van der Waals surface area contributed by atoms with Crippen LogP contribution in [-0.4, -0.2) is 58.3 Å². The number of hydrogen-bond donors (Lipinski definition) is 0. The van der Waals surface area contributed by atoms with Crippen LogP contribution in [0.25, 0.3) is 0 Å². The Bertz CT molecular complexity index is 447. The summed E-state index contributed by atoms with van der Waals surface area (Å²) in [7, 11) is -3.47. The van der Waals surface area contributed by atoms with Gasteiger partial charge in [-0.15, -0.1) is 0 Å². The van der Waals surface area contributed by atoms with E-state index in [-0.39, 0.29) is 20.4 Å². The van der Waals surface area contributed by atoms with E-state index in [1.54, 1.807) is 0 Å². The Morgan fingerprint density at radius 3 is 1.34 bits per heavy atom. The SMILES string of the molecule is C1CCC(N2CCN(C3CCCCC3)C2)CC1.C=[C-][Si](C)(C)O[Si](C)(C)[C-]=C.[Pd+2]. The molecule has 0 N–H and O–H groups in total. The molecule has 6 heteroatoms. The summed E-state index contributed by atoms with van der Waals surface area (Å²) in [4.78, 5) is 5.57. The van der Waals surface area contributed by atoms with Gasteiger partial charge in [0.2, 0.25) is 0 Å². The summed E-state index contributed by atoms with van der Waals surface area (Å²) in [5.74, 6) is 0. The second-order valence-electron chi connectivity index (χ2n) is 9.83. The monoisotopic (exact) mass is 526 g/mol. The molecule has 0 atom stereocenters. The first-order valence-corrected chi connectivity index (χ1v) is 17.3. The zero-order valence-corrected chi connectivity index (χ0v) is 22.9. The summed E-state index contributed by atoms with van der Waals surface area (Å²) >= 11 is 0. The summed E-state index contributed by atoms with van der Waals surface area (Å²) in [5, 5.41) is 0. The van der Waals surface area contributed by atoms with Crippen molar-refractivity contribution in [3.8, 4) is 0 Å². The van der Waals surface area contributed by atoms with Crippen molar-refractivity contribution in [3.63, 3.8) is 0 Å². The molecule has 0 unspecified atom stereocenters. The predicted molar refractivity (Wildman–Crippen MR) is 126 cm³/mol. The van der Waals surface area contributed by atoms with Gasteiger partial charge in [0, 0.05) is 41.8 Å². The Balaban J connectivity index is 0.000000310. The van der Waals surface area contributed by atoms with Crippen LogP contribution in [-0.2, 0) is 24.5 Å². The van der Waals surface area contributed by atoms with Gasteiger partial charge in [-0.25, -0.2) is 0 Å². The molecular weight excluding hydrogens is 483 g/mol. The summed E-state index contributed by atoms with van der Waals surface area (Å²) in [6.07, 6.45) is 14.8. The first kappa shape index (κ1) is 27.5. The Kier molecular flexibility index (Phi) is 12.4. The molecule has 0 spiro atoms. The van der Waals surface area contributed by atoms with Crippen LogP contribution in [0, 0.1) is 11.4 Å². The molecule has 0 bridgehead atoms. The quantitative estimate of drug-likeness (QED) is 0.326. The smallest absolute Gasteiger partial charge is 0.506 e. The molecule has 0 aromatic heterocycles.